The van der Waals surface area contributed by atoms with E-state index in [1.54, 1.807) is 7.11 Å². The van der Waals surface area contributed by atoms with Crippen LogP contribution in [-0.4, -0.2) is 50.8 Å². The van der Waals surface area contributed by atoms with Crippen LogP contribution in [-0.2, 0) is 11.8 Å². The summed E-state index contributed by atoms with van der Waals surface area (Å²) in [5, 5.41) is 3.06. The Balaban J connectivity index is 1.48. The molecule has 2 aromatic carbocycles. The topological polar surface area (TPSA) is 44.8 Å². The van der Waals surface area contributed by atoms with Gasteiger partial charge in [-0.2, -0.15) is 0 Å². The van der Waals surface area contributed by atoms with Gasteiger partial charge in [0.2, 0.25) is 0 Å². The second-order valence-electron chi connectivity index (χ2n) is 8.57. The van der Waals surface area contributed by atoms with Crippen LogP contribution in [0.3, 0.4) is 0 Å². The van der Waals surface area contributed by atoms with Crippen molar-refractivity contribution >= 4 is 11.7 Å². The van der Waals surface area contributed by atoms with Gasteiger partial charge in [0, 0.05) is 38.4 Å². The third kappa shape index (κ3) is 5.43. The van der Waals surface area contributed by atoms with Crippen molar-refractivity contribution in [3.8, 4) is 5.75 Å². The average molecular weight is 396 g/mol. The van der Waals surface area contributed by atoms with Crippen molar-refractivity contribution in [3.05, 3.63) is 59.7 Å². The van der Waals surface area contributed by atoms with Gasteiger partial charge >= 0.3 is 6.03 Å². The summed E-state index contributed by atoms with van der Waals surface area (Å²) in [7, 11) is 1.66. The first-order valence-corrected chi connectivity index (χ1v) is 10.4. The molecule has 156 valence electrons. The third-order valence-corrected chi connectivity index (χ3v) is 5.47. The van der Waals surface area contributed by atoms with Crippen LogP contribution in [0.15, 0.2) is 48.5 Å². The molecule has 2 amide bonds. The number of rotatable bonds is 5. The first-order chi connectivity index (χ1) is 13.9. The standard InChI is InChI=1S/C24H33N3O2/c1-24(2,3)21-7-5-6-8-22(21)26-15-17-27(18-16-26)23(28)25-14-13-19-9-11-20(29-4)12-10-19/h5-12H,13-18H2,1-4H3,(H,25,28). The molecule has 0 unspecified atom stereocenters. The number of amides is 2. The van der Waals surface area contributed by atoms with Gasteiger partial charge < -0.3 is 19.9 Å². The molecule has 0 spiro atoms. The van der Waals surface area contributed by atoms with Gasteiger partial charge in [-0.3, -0.25) is 0 Å². The fourth-order valence-electron chi connectivity index (χ4n) is 3.75. The van der Waals surface area contributed by atoms with Gasteiger partial charge in [-0.05, 0) is 41.2 Å². The normalized spacial score (nSPS) is 14.6. The number of piperazine rings is 1. The van der Waals surface area contributed by atoms with E-state index in [2.05, 4.69) is 55.3 Å². The Hall–Kier alpha value is -2.69. The first kappa shape index (κ1) is 21.0. The maximum absolute atomic E-state index is 12.5. The summed E-state index contributed by atoms with van der Waals surface area (Å²) < 4.78 is 5.18. The molecule has 1 N–H and O–H groups in total. The van der Waals surface area contributed by atoms with Gasteiger partial charge in [0.1, 0.15) is 5.75 Å². The lowest BCUT2D eigenvalue weighted by atomic mass is 9.85. The van der Waals surface area contributed by atoms with E-state index < -0.39 is 0 Å². The molecule has 0 saturated carbocycles. The summed E-state index contributed by atoms with van der Waals surface area (Å²) >= 11 is 0. The number of nitrogens with zero attached hydrogens (tertiary/aromatic N) is 2. The molecule has 1 saturated heterocycles. The number of anilines is 1. The molecule has 0 radical (unpaired) electrons. The number of urea groups is 1. The van der Waals surface area contributed by atoms with Crippen LogP contribution in [0, 0.1) is 0 Å². The zero-order chi connectivity index (χ0) is 20.9. The van der Waals surface area contributed by atoms with Crippen LogP contribution in [0.1, 0.15) is 31.9 Å². The molecule has 1 fully saturated rings. The lowest BCUT2D eigenvalue weighted by Gasteiger charge is -2.38. The van der Waals surface area contributed by atoms with E-state index in [9.17, 15) is 4.79 Å². The van der Waals surface area contributed by atoms with E-state index in [1.165, 1.54) is 16.8 Å². The van der Waals surface area contributed by atoms with E-state index in [4.69, 9.17) is 4.74 Å². The quantitative estimate of drug-likeness (QED) is 0.830. The van der Waals surface area contributed by atoms with E-state index in [1.807, 2.05) is 29.2 Å². The summed E-state index contributed by atoms with van der Waals surface area (Å²) in [5.74, 6) is 0.851. The summed E-state index contributed by atoms with van der Waals surface area (Å²) in [6, 6.07) is 16.6. The number of ether oxygens (including phenoxy) is 1. The predicted molar refractivity (Wildman–Crippen MR) is 119 cm³/mol. The van der Waals surface area contributed by atoms with Gasteiger partial charge in [-0.25, -0.2) is 4.79 Å². The molecule has 5 heteroatoms. The molecule has 0 bridgehead atoms. The number of hydrogen-bond donors (Lipinski definition) is 1. The molecule has 1 aliphatic rings. The van der Waals surface area contributed by atoms with Gasteiger partial charge in [0.05, 0.1) is 7.11 Å². The number of para-hydroxylation sites is 1. The molecular formula is C24H33N3O2. The fourth-order valence-corrected chi connectivity index (χ4v) is 3.75. The fraction of sp³-hybridized carbons (Fsp3) is 0.458. The Bertz CT molecular complexity index is 804. The zero-order valence-electron chi connectivity index (χ0n) is 18.1. The highest BCUT2D eigenvalue weighted by Gasteiger charge is 2.25. The second kappa shape index (κ2) is 9.21. The van der Waals surface area contributed by atoms with Gasteiger partial charge in [-0.1, -0.05) is 51.1 Å². The van der Waals surface area contributed by atoms with Crippen molar-refractivity contribution in [1.82, 2.24) is 10.2 Å². The van der Waals surface area contributed by atoms with Crippen molar-refractivity contribution in [3.63, 3.8) is 0 Å². The summed E-state index contributed by atoms with van der Waals surface area (Å²) in [4.78, 5) is 16.9. The van der Waals surface area contributed by atoms with Crippen LogP contribution < -0.4 is 15.0 Å². The number of carbonyl (C=O) groups is 1. The Morgan fingerprint density at radius 2 is 1.66 bits per heavy atom. The van der Waals surface area contributed by atoms with E-state index in [0.717, 1.165) is 38.3 Å². The van der Waals surface area contributed by atoms with Gasteiger partial charge in [-0.15, -0.1) is 0 Å². The minimum absolute atomic E-state index is 0.0299. The Morgan fingerprint density at radius 3 is 2.28 bits per heavy atom. The van der Waals surface area contributed by atoms with E-state index in [-0.39, 0.29) is 11.4 Å². The number of benzene rings is 2. The summed E-state index contributed by atoms with van der Waals surface area (Å²) in [5.41, 5.74) is 3.94. The molecule has 0 aromatic heterocycles. The SMILES string of the molecule is COc1ccc(CCNC(=O)N2CCN(c3ccccc3C(C)(C)C)CC2)cc1. The van der Waals surface area contributed by atoms with E-state index >= 15 is 0 Å². The summed E-state index contributed by atoms with van der Waals surface area (Å²) in [6.07, 6.45) is 0.814. The number of nitrogens with one attached hydrogen (secondary N) is 1. The molecule has 0 aliphatic carbocycles. The molecular weight excluding hydrogens is 362 g/mol. The average Bonchev–Trinajstić information content (AvgIpc) is 2.73. The number of hydrogen-bond acceptors (Lipinski definition) is 3. The number of methoxy groups -OCH3 is 1. The van der Waals surface area contributed by atoms with Crippen LogP contribution in [0.2, 0.25) is 0 Å². The second-order valence-corrected chi connectivity index (χ2v) is 8.57. The molecule has 1 heterocycles. The van der Waals surface area contributed by atoms with Gasteiger partial charge in [0.15, 0.2) is 0 Å². The van der Waals surface area contributed by atoms with Crippen molar-refractivity contribution in [1.29, 1.82) is 0 Å². The van der Waals surface area contributed by atoms with Crippen LogP contribution in [0.5, 0.6) is 5.75 Å². The lowest BCUT2D eigenvalue weighted by molar-refractivity contribution is 0.194. The smallest absolute Gasteiger partial charge is 0.317 e. The minimum atomic E-state index is 0.0299. The maximum Gasteiger partial charge on any atom is 0.317 e. The van der Waals surface area contributed by atoms with Gasteiger partial charge in [0.25, 0.3) is 0 Å². The predicted octanol–water partition coefficient (Wildman–Crippen LogP) is 4.07. The monoisotopic (exact) mass is 395 g/mol. The highest BCUT2D eigenvalue weighted by molar-refractivity contribution is 5.74. The Kier molecular flexibility index (Phi) is 6.68. The Labute approximate surface area is 174 Å². The molecule has 29 heavy (non-hydrogen) atoms. The Morgan fingerprint density at radius 1 is 1.00 bits per heavy atom. The third-order valence-electron chi connectivity index (χ3n) is 5.47. The van der Waals surface area contributed by atoms with Crippen molar-refractivity contribution in [2.24, 2.45) is 0 Å². The highest BCUT2D eigenvalue weighted by Crippen LogP contribution is 2.32. The van der Waals surface area contributed by atoms with Crippen molar-refractivity contribution < 1.29 is 9.53 Å². The largest absolute Gasteiger partial charge is 0.497 e. The zero-order valence-corrected chi connectivity index (χ0v) is 18.1. The van der Waals surface area contributed by atoms with Crippen LogP contribution in [0.4, 0.5) is 10.5 Å². The number of carbonyl (C=O) groups excluding carboxylic acids is 1. The first-order valence-electron chi connectivity index (χ1n) is 10.4. The summed E-state index contributed by atoms with van der Waals surface area (Å²) in [6.45, 7) is 10.6. The van der Waals surface area contributed by atoms with Crippen molar-refractivity contribution in [2.75, 3.05) is 44.7 Å². The maximum atomic E-state index is 12.5. The highest BCUT2D eigenvalue weighted by atomic mass is 16.5. The molecule has 0 atom stereocenters. The van der Waals surface area contributed by atoms with Crippen LogP contribution >= 0.6 is 0 Å². The van der Waals surface area contributed by atoms with Crippen LogP contribution in [0.25, 0.3) is 0 Å². The van der Waals surface area contributed by atoms with E-state index in [0.29, 0.717) is 6.54 Å². The van der Waals surface area contributed by atoms with Crippen molar-refractivity contribution in [2.45, 2.75) is 32.6 Å². The molecule has 3 rings (SSSR count). The molecule has 1 aliphatic heterocycles. The lowest BCUT2D eigenvalue weighted by Crippen LogP contribution is -2.52. The minimum Gasteiger partial charge on any atom is -0.497 e. The molecule has 5 nitrogen and oxygen atoms in total. The molecule has 2 aromatic rings.